The van der Waals surface area contributed by atoms with Gasteiger partial charge < -0.3 is 4.57 Å². The SMILES string of the molecule is Cc1ncc(-c2ccc(Cl)cc2)n1C. The van der Waals surface area contributed by atoms with Gasteiger partial charge >= 0.3 is 0 Å². The van der Waals surface area contributed by atoms with Gasteiger partial charge in [-0.3, -0.25) is 0 Å². The third-order valence-electron chi connectivity index (χ3n) is 2.36. The van der Waals surface area contributed by atoms with Crippen LogP contribution in [-0.4, -0.2) is 9.55 Å². The maximum absolute atomic E-state index is 5.82. The molecule has 0 saturated carbocycles. The van der Waals surface area contributed by atoms with Crippen molar-refractivity contribution >= 4 is 11.6 Å². The van der Waals surface area contributed by atoms with E-state index in [0.29, 0.717) is 0 Å². The second-order valence-corrected chi connectivity index (χ2v) is 3.69. The molecule has 72 valence electrons. The molecule has 0 unspecified atom stereocenters. The Labute approximate surface area is 88.2 Å². The van der Waals surface area contributed by atoms with E-state index in [9.17, 15) is 0 Å². The zero-order valence-electron chi connectivity index (χ0n) is 8.16. The monoisotopic (exact) mass is 206 g/mol. The summed E-state index contributed by atoms with van der Waals surface area (Å²) >= 11 is 5.82. The first-order chi connectivity index (χ1) is 6.68. The topological polar surface area (TPSA) is 17.8 Å². The van der Waals surface area contributed by atoms with Crippen molar-refractivity contribution in [3.63, 3.8) is 0 Å². The normalized spacial score (nSPS) is 10.5. The van der Waals surface area contributed by atoms with Crippen LogP contribution in [0.2, 0.25) is 5.02 Å². The Kier molecular flexibility index (Phi) is 2.30. The Morgan fingerprint density at radius 1 is 1.21 bits per heavy atom. The molecule has 0 aliphatic rings. The van der Waals surface area contributed by atoms with Crippen molar-refractivity contribution in [3.05, 3.63) is 41.3 Å². The van der Waals surface area contributed by atoms with Crippen LogP contribution in [0.3, 0.4) is 0 Å². The highest BCUT2D eigenvalue weighted by Crippen LogP contribution is 2.21. The van der Waals surface area contributed by atoms with E-state index in [1.165, 1.54) is 0 Å². The molecule has 0 N–H and O–H groups in total. The van der Waals surface area contributed by atoms with Gasteiger partial charge in [0.1, 0.15) is 5.82 Å². The molecule has 0 atom stereocenters. The van der Waals surface area contributed by atoms with Crippen molar-refractivity contribution in [1.29, 1.82) is 0 Å². The highest BCUT2D eigenvalue weighted by atomic mass is 35.5. The number of aryl methyl sites for hydroxylation is 1. The quantitative estimate of drug-likeness (QED) is 0.701. The van der Waals surface area contributed by atoms with E-state index in [0.717, 1.165) is 22.1 Å². The first-order valence-corrected chi connectivity index (χ1v) is 4.80. The Bertz CT molecular complexity index is 443. The molecule has 0 aliphatic heterocycles. The Morgan fingerprint density at radius 3 is 2.36 bits per heavy atom. The number of benzene rings is 1. The summed E-state index contributed by atoms with van der Waals surface area (Å²) in [5.74, 6) is 1.01. The fourth-order valence-corrected chi connectivity index (χ4v) is 1.52. The molecular formula is C11H11ClN2. The summed E-state index contributed by atoms with van der Waals surface area (Å²) in [5.41, 5.74) is 2.25. The van der Waals surface area contributed by atoms with Gasteiger partial charge in [-0.15, -0.1) is 0 Å². The molecule has 2 aromatic rings. The molecule has 0 spiro atoms. The van der Waals surface area contributed by atoms with Gasteiger partial charge in [0.2, 0.25) is 0 Å². The Hall–Kier alpha value is -1.28. The fourth-order valence-electron chi connectivity index (χ4n) is 1.39. The molecule has 1 aromatic heterocycles. The van der Waals surface area contributed by atoms with E-state index in [-0.39, 0.29) is 0 Å². The number of nitrogens with zero attached hydrogens (tertiary/aromatic N) is 2. The first-order valence-electron chi connectivity index (χ1n) is 4.43. The van der Waals surface area contributed by atoms with Gasteiger partial charge in [0.15, 0.2) is 0 Å². The van der Waals surface area contributed by atoms with Crippen molar-refractivity contribution in [3.8, 4) is 11.3 Å². The molecule has 2 nitrogen and oxygen atoms in total. The smallest absolute Gasteiger partial charge is 0.105 e. The van der Waals surface area contributed by atoms with E-state index in [1.54, 1.807) is 0 Å². The van der Waals surface area contributed by atoms with E-state index in [4.69, 9.17) is 11.6 Å². The molecule has 3 heteroatoms. The van der Waals surface area contributed by atoms with Crippen LogP contribution >= 0.6 is 11.6 Å². The molecule has 0 aliphatic carbocycles. The van der Waals surface area contributed by atoms with Crippen LogP contribution in [0.25, 0.3) is 11.3 Å². The van der Waals surface area contributed by atoms with Crippen LogP contribution < -0.4 is 0 Å². The van der Waals surface area contributed by atoms with Crippen molar-refractivity contribution in [2.75, 3.05) is 0 Å². The van der Waals surface area contributed by atoms with Crippen LogP contribution in [0.4, 0.5) is 0 Å². The van der Waals surface area contributed by atoms with Gasteiger partial charge in [0.05, 0.1) is 11.9 Å². The molecule has 0 saturated heterocycles. The zero-order valence-corrected chi connectivity index (χ0v) is 8.92. The minimum Gasteiger partial charge on any atom is -0.331 e. The molecule has 1 heterocycles. The van der Waals surface area contributed by atoms with E-state index >= 15 is 0 Å². The summed E-state index contributed by atoms with van der Waals surface area (Å²) < 4.78 is 2.06. The van der Waals surface area contributed by atoms with Gasteiger partial charge in [-0.05, 0) is 24.6 Å². The molecule has 0 bridgehead atoms. The number of hydrogen-bond acceptors (Lipinski definition) is 1. The zero-order chi connectivity index (χ0) is 10.1. The summed E-state index contributed by atoms with van der Waals surface area (Å²) in [5, 5.41) is 0.757. The van der Waals surface area contributed by atoms with E-state index in [2.05, 4.69) is 9.55 Å². The summed E-state index contributed by atoms with van der Waals surface area (Å²) in [6.45, 7) is 1.99. The summed E-state index contributed by atoms with van der Waals surface area (Å²) in [4.78, 5) is 4.24. The van der Waals surface area contributed by atoms with Crippen molar-refractivity contribution in [2.24, 2.45) is 7.05 Å². The molecule has 14 heavy (non-hydrogen) atoms. The number of rotatable bonds is 1. The molecule has 1 aromatic carbocycles. The average molecular weight is 207 g/mol. The second kappa shape index (κ2) is 3.46. The van der Waals surface area contributed by atoms with Gasteiger partial charge in [-0.2, -0.15) is 0 Å². The Morgan fingerprint density at radius 2 is 1.86 bits per heavy atom. The van der Waals surface area contributed by atoms with Crippen LogP contribution in [0.15, 0.2) is 30.5 Å². The lowest BCUT2D eigenvalue weighted by molar-refractivity contribution is 0.865. The van der Waals surface area contributed by atoms with Crippen LogP contribution in [0.1, 0.15) is 5.82 Å². The van der Waals surface area contributed by atoms with Crippen molar-refractivity contribution < 1.29 is 0 Å². The van der Waals surface area contributed by atoms with E-state index in [1.807, 2.05) is 44.4 Å². The van der Waals surface area contributed by atoms with Gasteiger partial charge in [-0.1, -0.05) is 23.7 Å². The van der Waals surface area contributed by atoms with Gasteiger partial charge in [0, 0.05) is 12.1 Å². The summed E-state index contributed by atoms with van der Waals surface area (Å²) in [6, 6.07) is 7.77. The molecule has 0 radical (unpaired) electrons. The van der Waals surface area contributed by atoms with Crippen LogP contribution in [0.5, 0.6) is 0 Å². The minimum atomic E-state index is 0.757. The van der Waals surface area contributed by atoms with Crippen molar-refractivity contribution in [2.45, 2.75) is 6.92 Å². The average Bonchev–Trinajstić information content (AvgIpc) is 2.50. The number of aromatic nitrogens is 2. The van der Waals surface area contributed by atoms with Crippen LogP contribution in [-0.2, 0) is 7.05 Å². The number of halogens is 1. The van der Waals surface area contributed by atoms with Crippen LogP contribution in [0, 0.1) is 6.92 Å². The summed E-state index contributed by atoms with van der Waals surface area (Å²) in [6.07, 6.45) is 1.87. The van der Waals surface area contributed by atoms with Gasteiger partial charge in [0.25, 0.3) is 0 Å². The van der Waals surface area contributed by atoms with E-state index < -0.39 is 0 Å². The fraction of sp³-hybridized carbons (Fsp3) is 0.182. The number of hydrogen-bond donors (Lipinski definition) is 0. The molecule has 2 rings (SSSR count). The molecule has 0 amide bonds. The minimum absolute atomic E-state index is 0.757. The maximum atomic E-state index is 5.82. The summed E-state index contributed by atoms with van der Waals surface area (Å²) in [7, 11) is 2.01. The lowest BCUT2D eigenvalue weighted by Gasteiger charge is -2.03. The number of imidazole rings is 1. The molecule has 0 fully saturated rings. The third kappa shape index (κ3) is 1.53. The first kappa shape index (κ1) is 9.28. The Balaban J connectivity index is 2.49. The molecular weight excluding hydrogens is 196 g/mol. The lowest BCUT2D eigenvalue weighted by atomic mass is 10.2. The highest BCUT2D eigenvalue weighted by Gasteiger charge is 2.04. The van der Waals surface area contributed by atoms with Gasteiger partial charge in [-0.25, -0.2) is 4.98 Å². The maximum Gasteiger partial charge on any atom is 0.105 e. The standard InChI is InChI=1S/C11H11ClN2/c1-8-13-7-11(14(8)2)9-3-5-10(12)6-4-9/h3-7H,1-2H3. The highest BCUT2D eigenvalue weighted by molar-refractivity contribution is 6.30. The second-order valence-electron chi connectivity index (χ2n) is 3.26. The predicted molar refractivity (Wildman–Crippen MR) is 58.4 cm³/mol. The predicted octanol–water partition coefficient (Wildman–Crippen LogP) is 3.05. The third-order valence-corrected chi connectivity index (χ3v) is 2.61. The lowest BCUT2D eigenvalue weighted by Crippen LogP contribution is -1.93. The largest absolute Gasteiger partial charge is 0.331 e. The van der Waals surface area contributed by atoms with Crippen molar-refractivity contribution in [1.82, 2.24) is 9.55 Å².